The van der Waals surface area contributed by atoms with Gasteiger partial charge >= 0.3 is 0 Å². The van der Waals surface area contributed by atoms with E-state index in [9.17, 15) is 0 Å². The van der Waals surface area contributed by atoms with E-state index in [1.165, 1.54) is 19.3 Å². The lowest BCUT2D eigenvalue weighted by Crippen LogP contribution is -2.33. The van der Waals surface area contributed by atoms with Crippen LogP contribution in [-0.2, 0) is 0 Å². The highest BCUT2D eigenvalue weighted by molar-refractivity contribution is 7.97. The molecule has 86 valence electrons. The first-order valence-corrected chi connectivity index (χ1v) is 7.94. The van der Waals surface area contributed by atoms with E-state index in [2.05, 4.69) is 35.0 Å². The maximum absolute atomic E-state index is 6.28. The van der Waals surface area contributed by atoms with Crippen LogP contribution >= 0.6 is 23.9 Å². The van der Waals surface area contributed by atoms with Gasteiger partial charge in [0, 0.05) is 6.04 Å². The van der Waals surface area contributed by atoms with Crippen LogP contribution < -0.4 is 0 Å². The summed E-state index contributed by atoms with van der Waals surface area (Å²) in [6.07, 6.45) is 8.42. The molecule has 0 saturated carbocycles. The maximum Gasteiger partial charge on any atom is 0.0946 e. The molecule has 2 radical (unpaired) electrons. The van der Waals surface area contributed by atoms with E-state index in [0.717, 1.165) is 0 Å². The van der Waals surface area contributed by atoms with Gasteiger partial charge in [0.15, 0.2) is 0 Å². The molecular weight excluding hydrogens is 223 g/mol. The lowest BCUT2D eigenvalue weighted by atomic mass is 9.88. The first-order chi connectivity index (χ1) is 7.17. The van der Waals surface area contributed by atoms with Crippen molar-refractivity contribution in [1.82, 2.24) is 8.61 Å². The molecule has 3 unspecified atom stereocenters. The van der Waals surface area contributed by atoms with Gasteiger partial charge in [-0.05, 0) is 31.8 Å². The Hall–Kier alpha value is 0.685. The van der Waals surface area contributed by atoms with Gasteiger partial charge < -0.3 is 0 Å². The van der Waals surface area contributed by atoms with E-state index in [-0.39, 0.29) is 5.94 Å². The molecule has 0 N–H and O–H groups in total. The van der Waals surface area contributed by atoms with Gasteiger partial charge in [0.05, 0.1) is 14.0 Å². The van der Waals surface area contributed by atoms with Gasteiger partial charge in [0.2, 0.25) is 0 Å². The first kappa shape index (κ1) is 13.7. The zero-order chi connectivity index (χ0) is 11.4. The number of nitrogens with zero attached hydrogens (tertiary/aromatic N) is 2. The van der Waals surface area contributed by atoms with Crippen molar-refractivity contribution in [3.8, 4) is 0 Å². The van der Waals surface area contributed by atoms with Gasteiger partial charge in [0.25, 0.3) is 0 Å². The second kappa shape index (κ2) is 6.43. The molecule has 0 aliphatic carbocycles. The molecule has 0 aromatic carbocycles. The molecule has 5 heteroatoms. The van der Waals surface area contributed by atoms with Crippen molar-refractivity contribution in [3.05, 3.63) is 0 Å². The summed E-state index contributed by atoms with van der Waals surface area (Å²) < 4.78 is 4.74. The molecule has 0 aromatic heterocycles. The van der Waals surface area contributed by atoms with E-state index in [4.69, 9.17) is 7.85 Å². The van der Waals surface area contributed by atoms with Gasteiger partial charge in [-0.1, -0.05) is 43.7 Å². The molecule has 1 aliphatic heterocycles. The van der Waals surface area contributed by atoms with Crippen LogP contribution in [0.1, 0.15) is 33.1 Å². The quantitative estimate of drug-likeness (QED) is 0.541. The van der Waals surface area contributed by atoms with Crippen molar-refractivity contribution in [1.29, 1.82) is 0 Å². The summed E-state index contributed by atoms with van der Waals surface area (Å²) in [6, 6.07) is 0.502. The van der Waals surface area contributed by atoms with Crippen molar-refractivity contribution in [2.45, 2.75) is 51.3 Å². The van der Waals surface area contributed by atoms with Gasteiger partial charge in [-0.15, -0.1) is 0 Å². The van der Waals surface area contributed by atoms with E-state index in [0.29, 0.717) is 12.2 Å². The monoisotopic (exact) mass is 244 g/mol. The van der Waals surface area contributed by atoms with Crippen LogP contribution in [-0.4, -0.2) is 47.1 Å². The molecular formula is C10H21BN2S2. The third-order valence-electron chi connectivity index (χ3n) is 3.03. The molecule has 1 aliphatic rings. The second-order valence-electron chi connectivity index (χ2n) is 3.92. The van der Waals surface area contributed by atoms with Crippen LogP contribution in [0.5, 0.6) is 0 Å². The Kier molecular flexibility index (Phi) is 5.89. The fourth-order valence-corrected chi connectivity index (χ4v) is 3.99. The second-order valence-corrected chi connectivity index (χ2v) is 5.49. The molecule has 2 nitrogen and oxygen atoms in total. The molecule has 0 spiro atoms. The van der Waals surface area contributed by atoms with Crippen LogP contribution in [0.25, 0.3) is 0 Å². The molecule has 0 aromatic rings. The SMILES string of the molecule is [B]C1C(CCCC)N(SC)C(C)N1SC. The molecule has 1 saturated heterocycles. The van der Waals surface area contributed by atoms with Crippen LogP contribution in [0, 0.1) is 0 Å². The highest BCUT2D eigenvalue weighted by atomic mass is 32.2. The zero-order valence-electron chi connectivity index (χ0n) is 10.1. The Morgan fingerprint density at radius 3 is 2.27 bits per heavy atom. The van der Waals surface area contributed by atoms with Crippen molar-refractivity contribution >= 4 is 31.7 Å². The Bertz CT molecular complexity index is 194. The smallest absolute Gasteiger partial charge is 0.0946 e. The fourth-order valence-electron chi connectivity index (χ4n) is 2.23. The number of rotatable bonds is 5. The van der Waals surface area contributed by atoms with E-state index >= 15 is 0 Å². The fraction of sp³-hybridized carbons (Fsp3) is 1.00. The van der Waals surface area contributed by atoms with Crippen LogP contribution in [0.15, 0.2) is 0 Å². The van der Waals surface area contributed by atoms with Gasteiger partial charge in [0.1, 0.15) is 0 Å². The molecule has 1 rings (SSSR count). The highest BCUT2D eigenvalue weighted by Gasteiger charge is 2.41. The summed E-state index contributed by atoms with van der Waals surface area (Å²) in [5.74, 6) is 0.175. The van der Waals surface area contributed by atoms with Crippen molar-refractivity contribution in [2.75, 3.05) is 12.5 Å². The summed E-state index contributed by atoms with van der Waals surface area (Å²) in [6.45, 7) is 4.47. The van der Waals surface area contributed by atoms with Crippen molar-refractivity contribution < 1.29 is 0 Å². The standard InChI is InChI=1S/C10H21BN2S2/c1-5-6-7-9-10(11)13(15-4)8(2)12(9)14-3/h8-10H,5-7H2,1-4H3. The summed E-state index contributed by atoms with van der Waals surface area (Å²) >= 11 is 3.58. The summed E-state index contributed by atoms with van der Waals surface area (Å²) in [4.78, 5) is 0. The third kappa shape index (κ3) is 2.87. The van der Waals surface area contributed by atoms with E-state index in [1.807, 2.05) is 11.9 Å². The average Bonchev–Trinajstić information content (AvgIpc) is 2.46. The molecule has 15 heavy (non-hydrogen) atoms. The largest absolute Gasteiger partial charge is 0.238 e. The number of hydrogen-bond donors (Lipinski definition) is 0. The third-order valence-corrected chi connectivity index (χ3v) is 4.99. The summed E-state index contributed by atoms with van der Waals surface area (Å²) in [5, 5.41) is 0. The molecule has 1 heterocycles. The Morgan fingerprint density at radius 1 is 1.20 bits per heavy atom. The summed E-state index contributed by atoms with van der Waals surface area (Å²) in [7, 11) is 6.28. The van der Waals surface area contributed by atoms with E-state index in [1.54, 1.807) is 11.9 Å². The number of hydrogen-bond acceptors (Lipinski definition) is 4. The van der Waals surface area contributed by atoms with Crippen LogP contribution in [0.3, 0.4) is 0 Å². The summed E-state index contributed by atoms with van der Waals surface area (Å²) in [5.41, 5.74) is 0. The van der Waals surface area contributed by atoms with Gasteiger partial charge in [-0.2, -0.15) is 0 Å². The van der Waals surface area contributed by atoms with Gasteiger partial charge in [-0.25, -0.2) is 8.61 Å². The first-order valence-electron chi connectivity index (χ1n) is 5.57. The minimum absolute atomic E-state index is 0.175. The Labute approximate surface area is 104 Å². The van der Waals surface area contributed by atoms with Crippen LogP contribution in [0.4, 0.5) is 0 Å². The Balaban J connectivity index is 2.66. The lowest BCUT2D eigenvalue weighted by molar-refractivity contribution is 0.318. The topological polar surface area (TPSA) is 6.48 Å². The van der Waals surface area contributed by atoms with Crippen molar-refractivity contribution in [3.63, 3.8) is 0 Å². The normalized spacial score (nSPS) is 33.7. The van der Waals surface area contributed by atoms with E-state index < -0.39 is 0 Å². The van der Waals surface area contributed by atoms with Crippen molar-refractivity contribution in [2.24, 2.45) is 0 Å². The average molecular weight is 244 g/mol. The maximum atomic E-state index is 6.28. The predicted octanol–water partition coefficient (Wildman–Crippen LogP) is 2.56. The minimum Gasteiger partial charge on any atom is -0.238 e. The van der Waals surface area contributed by atoms with Crippen LogP contribution in [0.2, 0.25) is 0 Å². The zero-order valence-corrected chi connectivity index (χ0v) is 11.8. The molecule has 1 fully saturated rings. The Morgan fingerprint density at radius 2 is 1.80 bits per heavy atom. The highest BCUT2D eigenvalue weighted by Crippen LogP contribution is 2.36. The molecule has 3 atom stereocenters. The number of unbranched alkanes of at least 4 members (excludes halogenated alkanes) is 1. The molecule has 0 bridgehead atoms. The predicted molar refractivity (Wildman–Crippen MR) is 73.0 cm³/mol. The lowest BCUT2D eigenvalue weighted by Gasteiger charge is -2.25. The van der Waals surface area contributed by atoms with Gasteiger partial charge in [-0.3, -0.25) is 0 Å². The molecule has 0 amide bonds. The minimum atomic E-state index is 0.175.